The summed E-state index contributed by atoms with van der Waals surface area (Å²) in [5, 5.41) is 14.6. The van der Waals surface area contributed by atoms with Gasteiger partial charge >= 0.3 is 0 Å². The highest BCUT2D eigenvalue weighted by atomic mass is 32.2. The van der Waals surface area contributed by atoms with Gasteiger partial charge in [0, 0.05) is 17.0 Å². The average molecular weight is 419 g/mol. The van der Waals surface area contributed by atoms with Crippen LogP contribution in [0.15, 0.2) is 34.2 Å². The van der Waals surface area contributed by atoms with Gasteiger partial charge in [-0.1, -0.05) is 24.8 Å². The molecule has 0 radical (unpaired) electrons. The molecule has 2 heterocycles. The SMILES string of the molecule is CCc1cc2c(=O)n(CC(=O)Nc3cc([N+](=O)[O-])ccc3C)c(SC)nc2s1. The van der Waals surface area contributed by atoms with Gasteiger partial charge in [-0.05, 0) is 31.2 Å². The van der Waals surface area contributed by atoms with Crippen LogP contribution in [-0.2, 0) is 17.8 Å². The minimum atomic E-state index is -0.523. The Morgan fingerprint density at radius 3 is 2.79 bits per heavy atom. The molecule has 0 unspecified atom stereocenters. The van der Waals surface area contributed by atoms with Crippen molar-refractivity contribution in [1.29, 1.82) is 0 Å². The Labute approximate surface area is 168 Å². The largest absolute Gasteiger partial charge is 0.324 e. The number of non-ortho nitro benzene ring substituents is 1. The van der Waals surface area contributed by atoms with E-state index in [1.165, 1.54) is 39.8 Å². The number of hydrogen-bond acceptors (Lipinski definition) is 7. The van der Waals surface area contributed by atoms with Crippen molar-refractivity contribution in [2.75, 3.05) is 11.6 Å². The third-order valence-electron chi connectivity index (χ3n) is 4.21. The number of hydrogen-bond donors (Lipinski definition) is 1. The number of anilines is 1. The van der Waals surface area contributed by atoms with Gasteiger partial charge in [0.25, 0.3) is 11.2 Å². The Morgan fingerprint density at radius 2 is 2.14 bits per heavy atom. The maximum atomic E-state index is 12.9. The lowest BCUT2D eigenvalue weighted by molar-refractivity contribution is -0.384. The van der Waals surface area contributed by atoms with E-state index in [0.717, 1.165) is 11.3 Å². The molecule has 1 aromatic carbocycles. The Bertz CT molecular complexity index is 1140. The molecule has 0 aliphatic carbocycles. The lowest BCUT2D eigenvalue weighted by Gasteiger charge is -2.12. The monoisotopic (exact) mass is 418 g/mol. The highest BCUT2D eigenvalue weighted by Gasteiger charge is 2.17. The zero-order valence-electron chi connectivity index (χ0n) is 15.5. The summed E-state index contributed by atoms with van der Waals surface area (Å²) in [7, 11) is 0. The van der Waals surface area contributed by atoms with E-state index in [2.05, 4.69) is 10.3 Å². The van der Waals surface area contributed by atoms with E-state index in [-0.39, 0.29) is 17.8 Å². The number of amides is 1. The molecule has 0 spiro atoms. The first kappa shape index (κ1) is 20.0. The number of benzene rings is 1. The first-order valence-electron chi connectivity index (χ1n) is 8.46. The average Bonchev–Trinajstić information content (AvgIpc) is 3.09. The number of fused-ring (bicyclic) bond motifs is 1. The number of thiophene rings is 1. The molecule has 8 nitrogen and oxygen atoms in total. The smallest absolute Gasteiger partial charge is 0.271 e. The fourth-order valence-electron chi connectivity index (χ4n) is 2.71. The number of carbonyl (C=O) groups is 1. The molecular weight excluding hydrogens is 400 g/mol. The van der Waals surface area contributed by atoms with Crippen LogP contribution in [0, 0.1) is 17.0 Å². The molecule has 3 aromatic rings. The van der Waals surface area contributed by atoms with E-state index in [1.54, 1.807) is 19.2 Å². The topological polar surface area (TPSA) is 107 Å². The van der Waals surface area contributed by atoms with E-state index in [1.807, 2.05) is 13.0 Å². The Hall–Kier alpha value is -2.72. The number of nitrogens with zero attached hydrogens (tertiary/aromatic N) is 3. The van der Waals surface area contributed by atoms with Crippen LogP contribution >= 0.6 is 23.1 Å². The van der Waals surface area contributed by atoms with Crippen LogP contribution in [0.4, 0.5) is 11.4 Å². The molecule has 0 fully saturated rings. The van der Waals surface area contributed by atoms with Crippen molar-refractivity contribution in [3.63, 3.8) is 0 Å². The van der Waals surface area contributed by atoms with Crippen molar-refractivity contribution in [3.8, 4) is 0 Å². The van der Waals surface area contributed by atoms with Crippen LogP contribution in [0.3, 0.4) is 0 Å². The van der Waals surface area contributed by atoms with Crippen LogP contribution < -0.4 is 10.9 Å². The predicted octanol–water partition coefficient (Wildman–Crippen LogP) is 3.60. The molecule has 0 saturated carbocycles. The summed E-state index contributed by atoms with van der Waals surface area (Å²) in [5.41, 5.74) is 0.652. The summed E-state index contributed by atoms with van der Waals surface area (Å²) in [6, 6.07) is 6.07. The van der Waals surface area contributed by atoms with E-state index in [0.29, 0.717) is 26.6 Å². The molecule has 0 atom stereocenters. The first-order valence-corrected chi connectivity index (χ1v) is 10.5. The molecule has 10 heteroatoms. The number of nitro groups is 1. The normalized spacial score (nSPS) is 11.0. The minimum absolute atomic E-state index is 0.115. The number of aromatic nitrogens is 2. The van der Waals surface area contributed by atoms with E-state index in [9.17, 15) is 19.7 Å². The Morgan fingerprint density at radius 1 is 1.39 bits per heavy atom. The maximum absolute atomic E-state index is 12.9. The third-order valence-corrected chi connectivity index (χ3v) is 6.06. The summed E-state index contributed by atoms with van der Waals surface area (Å²) in [6.45, 7) is 3.52. The quantitative estimate of drug-likeness (QED) is 0.284. The lowest BCUT2D eigenvalue weighted by atomic mass is 10.2. The van der Waals surface area contributed by atoms with Crippen LogP contribution in [0.25, 0.3) is 10.2 Å². The molecular formula is C18H18N4O4S2. The molecule has 0 bridgehead atoms. The second-order valence-electron chi connectivity index (χ2n) is 6.08. The summed E-state index contributed by atoms with van der Waals surface area (Å²) < 4.78 is 1.33. The number of carbonyl (C=O) groups excluding carboxylic acids is 1. The van der Waals surface area contributed by atoms with Crippen LogP contribution in [0.1, 0.15) is 17.4 Å². The van der Waals surface area contributed by atoms with Crippen LogP contribution in [0.5, 0.6) is 0 Å². The molecule has 2 aromatic heterocycles. The van der Waals surface area contributed by atoms with Gasteiger partial charge in [-0.3, -0.25) is 24.3 Å². The summed E-state index contributed by atoms with van der Waals surface area (Å²) in [5.74, 6) is -0.451. The molecule has 146 valence electrons. The van der Waals surface area contributed by atoms with Gasteiger partial charge in [0.2, 0.25) is 5.91 Å². The van der Waals surface area contributed by atoms with E-state index in [4.69, 9.17) is 0 Å². The number of thioether (sulfide) groups is 1. The van der Waals surface area contributed by atoms with Crippen LogP contribution in [0.2, 0.25) is 0 Å². The second-order valence-corrected chi connectivity index (χ2v) is 7.97. The maximum Gasteiger partial charge on any atom is 0.271 e. The number of rotatable bonds is 6. The van der Waals surface area contributed by atoms with Gasteiger partial charge in [0.05, 0.1) is 16.0 Å². The summed E-state index contributed by atoms with van der Waals surface area (Å²) in [4.78, 5) is 42.1. The van der Waals surface area contributed by atoms with Gasteiger partial charge in [0.15, 0.2) is 5.16 Å². The van der Waals surface area contributed by atoms with E-state index >= 15 is 0 Å². The standard InChI is InChI=1S/C18H18N4O4S2/c1-4-12-8-13-16(28-12)20-18(27-3)21(17(13)24)9-15(23)19-14-7-11(22(25)26)6-5-10(14)2/h5-8H,4,9H2,1-3H3,(H,19,23). The minimum Gasteiger partial charge on any atom is -0.324 e. The number of aryl methyl sites for hydroxylation is 2. The number of nitrogens with one attached hydrogen (secondary N) is 1. The van der Waals surface area contributed by atoms with Gasteiger partial charge < -0.3 is 5.32 Å². The first-order chi connectivity index (χ1) is 13.3. The van der Waals surface area contributed by atoms with Crippen molar-refractivity contribution in [2.24, 2.45) is 0 Å². The molecule has 1 amide bonds. The molecule has 0 saturated heterocycles. The molecule has 3 rings (SSSR count). The molecule has 0 aliphatic rings. The van der Waals surface area contributed by atoms with Crippen molar-refractivity contribution in [1.82, 2.24) is 9.55 Å². The van der Waals surface area contributed by atoms with Crippen molar-refractivity contribution in [3.05, 3.63) is 55.2 Å². The van der Waals surface area contributed by atoms with Crippen LogP contribution in [-0.4, -0.2) is 26.6 Å². The summed E-state index contributed by atoms with van der Waals surface area (Å²) in [6.07, 6.45) is 2.60. The second kappa shape index (κ2) is 8.11. The zero-order valence-corrected chi connectivity index (χ0v) is 17.1. The predicted molar refractivity (Wildman–Crippen MR) is 112 cm³/mol. The Kier molecular flexibility index (Phi) is 5.80. The van der Waals surface area contributed by atoms with Gasteiger partial charge in [-0.25, -0.2) is 4.98 Å². The molecule has 28 heavy (non-hydrogen) atoms. The van der Waals surface area contributed by atoms with Gasteiger partial charge in [0.1, 0.15) is 11.4 Å². The van der Waals surface area contributed by atoms with Gasteiger partial charge in [-0.15, -0.1) is 11.3 Å². The van der Waals surface area contributed by atoms with Gasteiger partial charge in [-0.2, -0.15) is 0 Å². The summed E-state index contributed by atoms with van der Waals surface area (Å²) >= 11 is 2.76. The Balaban J connectivity index is 1.93. The molecule has 1 N–H and O–H groups in total. The molecule has 0 aliphatic heterocycles. The fourth-order valence-corrected chi connectivity index (χ4v) is 4.27. The number of nitro benzene ring substituents is 1. The highest BCUT2D eigenvalue weighted by molar-refractivity contribution is 7.98. The zero-order chi connectivity index (χ0) is 20.4. The van der Waals surface area contributed by atoms with Crippen molar-refractivity contribution in [2.45, 2.75) is 32.0 Å². The fraction of sp³-hybridized carbons (Fsp3) is 0.278. The third kappa shape index (κ3) is 3.92. The highest BCUT2D eigenvalue weighted by Crippen LogP contribution is 2.25. The van der Waals surface area contributed by atoms with Crippen molar-refractivity contribution >= 4 is 50.6 Å². The van der Waals surface area contributed by atoms with Crippen molar-refractivity contribution < 1.29 is 9.72 Å². The lowest BCUT2D eigenvalue weighted by Crippen LogP contribution is -2.29. The van der Waals surface area contributed by atoms with E-state index < -0.39 is 10.8 Å².